The van der Waals surface area contributed by atoms with Crippen LogP contribution in [0.3, 0.4) is 0 Å². The van der Waals surface area contributed by atoms with Crippen molar-refractivity contribution in [2.45, 2.75) is 75.6 Å². The van der Waals surface area contributed by atoms with Crippen molar-refractivity contribution in [3.8, 4) is 0 Å². The van der Waals surface area contributed by atoms with E-state index in [-0.39, 0.29) is 27.8 Å². The van der Waals surface area contributed by atoms with Crippen molar-refractivity contribution in [3.63, 3.8) is 0 Å². The van der Waals surface area contributed by atoms with Crippen LogP contribution in [0.25, 0.3) is 10.8 Å². The quantitative estimate of drug-likeness (QED) is 0.162. The van der Waals surface area contributed by atoms with Crippen LogP contribution in [-0.4, -0.2) is 39.9 Å². The molecule has 0 aliphatic rings. The molecule has 0 aromatic heterocycles. The van der Waals surface area contributed by atoms with E-state index >= 15 is 0 Å². The van der Waals surface area contributed by atoms with E-state index in [0.717, 1.165) is 19.3 Å². The van der Waals surface area contributed by atoms with E-state index in [1.54, 1.807) is 0 Å². The second kappa shape index (κ2) is 14.2. The smallest absolute Gasteiger partial charge is 0.379 e. The van der Waals surface area contributed by atoms with E-state index in [9.17, 15) is 33.4 Å². The molecule has 0 heterocycles. The van der Waals surface area contributed by atoms with Gasteiger partial charge in [0.05, 0.1) is 10.3 Å². The van der Waals surface area contributed by atoms with Gasteiger partial charge in [-0.1, -0.05) is 70.1 Å². The molecule has 2 aromatic carbocycles. The molecule has 188 valence electrons. The Labute approximate surface area is 197 Å². The third kappa shape index (κ3) is 9.40. The fourth-order valence-corrected chi connectivity index (χ4v) is 4.15. The molecular weight excluding hydrogens is 468 g/mol. The SMILES string of the molecule is CCCCCCCCCCC(C(=O)O)[N+](=O)[O-].O=[N+]([O-])c1cccc2c(S(=O)(=O)O)cccc12. The summed E-state index contributed by atoms with van der Waals surface area (Å²) in [7, 11) is -4.39. The zero-order valence-corrected chi connectivity index (χ0v) is 19.8. The Kier molecular flexibility index (Phi) is 12.1. The third-order valence-corrected chi connectivity index (χ3v) is 6.12. The van der Waals surface area contributed by atoms with Gasteiger partial charge in [-0.3, -0.25) is 24.8 Å². The number of nitro benzene ring substituents is 1. The summed E-state index contributed by atoms with van der Waals surface area (Å²) in [5.74, 6) is -1.32. The molecule has 12 heteroatoms. The Morgan fingerprint density at radius 1 is 0.912 bits per heavy atom. The van der Waals surface area contributed by atoms with Crippen molar-refractivity contribution in [1.29, 1.82) is 0 Å². The number of benzene rings is 2. The first-order valence-corrected chi connectivity index (χ1v) is 12.4. The number of rotatable bonds is 13. The highest BCUT2D eigenvalue weighted by molar-refractivity contribution is 7.86. The summed E-state index contributed by atoms with van der Waals surface area (Å²) in [6, 6.07) is 6.61. The number of fused-ring (bicyclic) bond motifs is 1. The summed E-state index contributed by atoms with van der Waals surface area (Å²) in [6.45, 7) is 2.17. The van der Waals surface area contributed by atoms with Gasteiger partial charge in [-0.25, -0.2) is 4.79 Å². The van der Waals surface area contributed by atoms with Crippen LogP contribution in [-0.2, 0) is 14.9 Å². The Morgan fingerprint density at radius 2 is 1.44 bits per heavy atom. The van der Waals surface area contributed by atoms with Gasteiger partial charge in [-0.15, -0.1) is 0 Å². The number of aliphatic carboxylic acids is 1. The molecule has 2 N–H and O–H groups in total. The lowest BCUT2D eigenvalue weighted by Gasteiger charge is -2.04. The van der Waals surface area contributed by atoms with E-state index in [2.05, 4.69) is 6.92 Å². The van der Waals surface area contributed by atoms with Crippen LogP contribution in [0.1, 0.15) is 64.7 Å². The monoisotopic (exact) mass is 498 g/mol. The van der Waals surface area contributed by atoms with E-state index in [4.69, 9.17) is 9.66 Å². The van der Waals surface area contributed by atoms with Crippen molar-refractivity contribution in [2.75, 3.05) is 0 Å². The second-order valence-corrected chi connectivity index (χ2v) is 9.15. The summed E-state index contributed by atoms with van der Waals surface area (Å²) in [4.78, 5) is 30.1. The summed E-state index contributed by atoms with van der Waals surface area (Å²) in [5.41, 5.74) is -0.201. The number of non-ortho nitro benzene ring substituents is 1. The molecule has 0 bridgehead atoms. The predicted octanol–water partition coefficient (Wildman–Crippen LogP) is 5.24. The van der Waals surface area contributed by atoms with E-state index in [1.807, 2.05) is 0 Å². The average molecular weight is 499 g/mol. The summed E-state index contributed by atoms with van der Waals surface area (Å²) >= 11 is 0. The van der Waals surface area contributed by atoms with Crippen LogP contribution in [0.15, 0.2) is 41.3 Å². The average Bonchev–Trinajstić information content (AvgIpc) is 2.76. The highest BCUT2D eigenvalue weighted by Gasteiger charge is 2.28. The largest absolute Gasteiger partial charge is 0.476 e. The van der Waals surface area contributed by atoms with Crippen molar-refractivity contribution in [1.82, 2.24) is 0 Å². The van der Waals surface area contributed by atoms with Crippen LogP contribution in [0, 0.1) is 20.2 Å². The molecule has 11 nitrogen and oxygen atoms in total. The molecule has 1 unspecified atom stereocenters. The Balaban J connectivity index is 0.000000340. The van der Waals surface area contributed by atoms with E-state index in [1.165, 1.54) is 62.1 Å². The first-order chi connectivity index (χ1) is 16.0. The van der Waals surface area contributed by atoms with Gasteiger partial charge in [0.15, 0.2) is 0 Å². The fraction of sp³-hybridized carbons (Fsp3) is 0.500. The van der Waals surface area contributed by atoms with E-state index in [0.29, 0.717) is 6.42 Å². The van der Waals surface area contributed by atoms with Crippen LogP contribution in [0.5, 0.6) is 0 Å². The van der Waals surface area contributed by atoms with Gasteiger partial charge in [0.2, 0.25) is 0 Å². The highest BCUT2D eigenvalue weighted by atomic mass is 32.2. The van der Waals surface area contributed by atoms with Gasteiger partial charge in [0.25, 0.3) is 15.8 Å². The molecule has 0 saturated carbocycles. The minimum absolute atomic E-state index is 0.129. The predicted molar refractivity (Wildman–Crippen MR) is 126 cm³/mol. The number of nitro groups is 2. The second-order valence-electron chi connectivity index (χ2n) is 7.76. The lowest BCUT2D eigenvalue weighted by Crippen LogP contribution is -2.28. The molecule has 1 atom stereocenters. The van der Waals surface area contributed by atoms with Crippen molar-refractivity contribution >= 4 is 32.5 Å². The molecule has 34 heavy (non-hydrogen) atoms. The molecule has 0 saturated heterocycles. The Bertz CT molecular complexity index is 1070. The maximum absolute atomic E-state index is 11.1. The number of carboxylic acids is 1. The lowest BCUT2D eigenvalue weighted by molar-refractivity contribution is -0.511. The van der Waals surface area contributed by atoms with Crippen LogP contribution in [0.2, 0.25) is 0 Å². The van der Waals surface area contributed by atoms with Crippen LogP contribution in [0.4, 0.5) is 5.69 Å². The molecule has 2 aromatic rings. The number of nitrogens with zero attached hydrogens (tertiary/aromatic N) is 2. The molecule has 2 rings (SSSR count). The Morgan fingerprint density at radius 3 is 1.94 bits per heavy atom. The van der Waals surface area contributed by atoms with Crippen LogP contribution >= 0.6 is 0 Å². The third-order valence-electron chi connectivity index (χ3n) is 5.20. The number of carboxylic acid groups (broad SMARTS) is 1. The number of hydrogen-bond acceptors (Lipinski definition) is 7. The first kappa shape index (κ1) is 28.9. The fourth-order valence-electron chi connectivity index (χ4n) is 3.44. The summed E-state index contributed by atoms with van der Waals surface area (Å²) in [5, 5.41) is 30.1. The molecule has 0 aliphatic carbocycles. The number of carbonyl (C=O) groups is 1. The van der Waals surface area contributed by atoms with Crippen molar-refractivity contribution in [2.24, 2.45) is 0 Å². The van der Waals surface area contributed by atoms with Gasteiger partial charge in [-0.2, -0.15) is 8.42 Å². The van der Waals surface area contributed by atoms with Crippen molar-refractivity contribution < 1.29 is 32.7 Å². The lowest BCUT2D eigenvalue weighted by atomic mass is 10.0. The zero-order valence-electron chi connectivity index (χ0n) is 19.0. The zero-order chi connectivity index (χ0) is 25.7. The van der Waals surface area contributed by atoms with Gasteiger partial charge < -0.3 is 5.11 Å². The molecule has 0 spiro atoms. The van der Waals surface area contributed by atoms with Gasteiger partial charge in [0.1, 0.15) is 4.90 Å². The maximum atomic E-state index is 11.1. The Hall–Kier alpha value is -3.12. The van der Waals surface area contributed by atoms with Gasteiger partial charge >= 0.3 is 12.0 Å². The standard InChI is InChI=1S/C12H23NO4.C10H7NO5S/c1-2-3-4-5-6-7-8-9-10-11(12(14)15)13(16)17;12-11(13)9-5-1-4-8-7(9)3-2-6-10(8)17(14,15)16/h11H,2-10H2,1H3,(H,14,15);1-6H,(H,14,15,16). The van der Waals surface area contributed by atoms with Gasteiger partial charge in [0, 0.05) is 22.8 Å². The first-order valence-electron chi connectivity index (χ1n) is 11.0. The molecule has 0 fully saturated rings. The summed E-state index contributed by atoms with van der Waals surface area (Å²) in [6.07, 6.45) is 8.83. The van der Waals surface area contributed by atoms with Crippen LogP contribution < -0.4 is 0 Å². The van der Waals surface area contributed by atoms with E-state index < -0.39 is 32.0 Å². The minimum Gasteiger partial charge on any atom is -0.476 e. The normalized spacial score (nSPS) is 11.9. The highest BCUT2D eigenvalue weighted by Crippen LogP contribution is 2.29. The molecule has 0 radical (unpaired) electrons. The van der Waals surface area contributed by atoms with Gasteiger partial charge in [-0.05, 0) is 18.6 Å². The molecule has 0 aliphatic heterocycles. The topological polar surface area (TPSA) is 178 Å². The molecule has 0 amide bonds. The summed E-state index contributed by atoms with van der Waals surface area (Å²) < 4.78 is 31.2. The molecular formula is C22H30N2O9S. The number of unbranched alkanes of at least 4 members (excludes halogenated alkanes) is 7. The maximum Gasteiger partial charge on any atom is 0.379 e. The van der Waals surface area contributed by atoms with Crippen molar-refractivity contribution in [3.05, 3.63) is 56.6 Å². The minimum atomic E-state index is -4.39. The number of hydrogen-bond donors (Lipinski definition) is 2.